The van der Waals surface area contributed by atoms with Crippen LogP contribution in [-0.2, 0) is 11.3 Å². The summed E-state index contributed by atoms with van der Waals surface area (Å²) >= 11 is 0. The van der Waals surface area contributed by atoms with Crippen LogP contribution in [0.2, 0.25) is 0 Å². The van der Waals surface area contributed by atoms with Gasteiger partial charge in [0.2, 0.25) is 0 Å². The maximum absolute atomic E-state index is 13.4. The zero-order valence-corrected chi connectivity index (χ0v) is 15.2. The summed E-state index contributed by atoms with van der Waals surface area (Å²) in [6, 6.07) is 10.2. The van der Waals surface area contributed by atoms with Gasteiger partial charge in [-0.3, -0.25) is 9.48 Å². The lowest BCUT2D eigenvalue weighted by atomic mass is 9.98. The third-order valence-electron chi connectivity index (χ3n) is 4.48. The number of anilines is 1. The fourth-order valence-corrected chi connectivity index (χ4v) is 3.35. The van der Waals surface area contributed by atoms with Crippen LogP contribution >= 0.6 is 0 Å². The van der Waals surface area contributed by atoms with Gasteiger partial charge < -0.3 is 10.1 Å². The Bertz CT molecular complexity index is 1090. The average molecular weight is 405 g/mol. The smallest absolute Gasteiger partial charge is 0.408 e. The highest BCUT2D eigenvalue weighted by Gasteiger charge is 2.32. The summed E-state index contributed by atoms with van der Waals surface area (Å²) in [6.45, 7) is 0.182. The number of nitrogens with zero attached hydrogens (tertiary/aromatic N) is 2. The van der Waals surface area contributed by atoms with Crippen molar-refractivity contribution in [2.24, 2.45) is 0 Å². The molecule has 0 spiro atoms. The van der Waals surface area contributed by atoms with Crippen LogP contribution in [0.4, 0.5) is 23.2 Å². The molecule has 9 heteroatoms. The van der Waals surface area contributed by atoms with Crippen LogP contribution in [0.5, 0.6) is 5.75 Å². The van der Waals surface area contributed by atoms with Crippen molar-refractivity contribution in [2.75, 3.05) is 11.9 Å². The van der Waals surface area contributed by atoms with Crippen LogP contribution in [0.1, 0.15) is 5.69 Å². The van der Waals surface area contributed by atoms with Crippen molar-refractivity contribution in [2.45, 2.75) is 19.6 Å². The summed E-state index contributed by atoms with van der Waals surface area (Å²) in [5.41, 5.74) is 2.35. The molecule has 150 valence electrons. The molecule has 0 fully saturated rings. The number of fused-ring (bicyclic) bond motifs is 1. The molecule has 0 radical (unpaired) electrons. The number of alkyl halides is 3. The number of hydrogen-bond acceptors (Lipinski definition) is 3. The molecule has 2 aromatic carbocycles. The molecule has 0 unspecified atom stereocenters. The molecule has 5 nitrogen and oxygen atoms in total. The molecule has 29 heavy (non-hydrogen) atoms. The number of carbonyl (C=O) groups is 1. The minimum Gasteiger partial charge on any atom is -0.482 e. The summed E-state index contributed by atoms with van der Waals surface area (Å²) in [4.78, 5) is 11.6. The first-order valence-electron chi connectivity index (χ1n) is 8.68. The molecule has 1 N–H and O–H groups in total. The molecule has 0 saturated carbocycles. The number of nitrogens with one attached hydrogen (secondary N) is 1. The van der Waals surface area contributed by atoms with E-state index in [2.05, 4.69) is 10.4 Å². The minimum atomic E-state index is -4.49. The van der Waals surface area contributed by atoms with Gasteiger partial charge in [0.15, 0.2) is 6.61 Å². The molecule has 1 aliphatic rings. The van der Waals surface area contributed by atoms with Gasteiger partial charge in [0.05, 0.1) is 17.1 Å². The van der Waals surface area contributed by atoms with E-state index in [0.29, 0.717) is 33.8 Å². The first-order chi connectivity index (χ1) is 13.7. The van der Waals surface area contributed by atoms with Crippen molar-refractivity contribution in [3.63, 3.8) is 0 Å². The van der Waals surface area contributed by atoms with E-state index in [1.54, 1.807) is 25.1 Å². The van der Waals surface area contributed by atoms with Crippen molar-refractivity contribution < 1.29 is 27.1 Å². The van der Waals surface area contributed by atoms with E-state index in [-0.39, 0.29) is 18.2 Å². The number of halogens is 4. The molecule has 1 amide bonds. The molecule has 2 heterocycles. The number of aromatic nitrogens is 2. The maximum atomic E-state index is 13.4. The topological polar surface area (TPSA) is 56.2 Å². The van der Waals surface area contributed by atoms with Crippen molar-refractivity contribution >= 4 is 11.6 Å². The summed E-state index contributed by atoms with van der Waals surface area (Å²) in [6.07, 6.45) is -4.49. The highest BCUT2D eigenvalue weighted by atomic mass is 19.4. The van der Waals surface area contributed by atoms with Crippen LogP contribution < -0.4 is 10.1 Å². The monoisotopic (exact) mass is 405 g/mol. The van der Waals surface area contributed by atoms with Gasteiger partial charge in [-0.2, -0.15) is 18.3 Å². The molecule has 0 bridgehead atoms. The van der Waals surface area contributed by atoms with E-state index in [9.17, 15) is 22.4 Å². The predicted molar refractivity (Wildman–Crippen MR) is 98.0 cm³/mol. The second-order valence-corrected chi connectivity index (χ2v) is 6.64. The SMILES string of the molecule is Cc1nn(CC(F)(F)F)c(-c2ccc3c(c2)NC(=O)CO3)c1-c1ccc(F)cc1. The molecule has 1 aliphatic heterocycles. The Morgan fingerprint density at radius 2 is 1.83 bits per heavy atom. The molecule has 0 aliphatic carbocycles. The molecule has 0 atom stereocenters. The molecule has 4 rings (SSSR count). The highest BCUT2D eigenvalue weighted by Crippen LogP contribution is 2.39. The van der Waals surface area contributed by atoms with Gasteiger partial charge in [-0.1, -0.05) is 12.1 Å². The third-order valence-corrected chi connectivity index (χ3v) is 4.48. The Hall–Kier alpha value is -3.36. The van der Waals surface area contributed by atoms with Crippen LogP contribution in [0, 0.1) is 12.7 Å². The van der Waals surface area contributed by atoms with E-state index >= 15 is 0 Å². The molecule has 1 aromatic heterocycles. The lowest BCUT2D eigenvalue weighted by Crippen LogP contribution is -2.25. The lowest BCUT2D eigenvalue weighted by Gasteiger charge is -2.19. The van der Waals surface area contributed by atoms with Crippen molar-refractivity contribution in [3.05, 3.63) is 54.0 Å². The number of aryl methyl sites for hydroxylation is 1. The van der Waals surface area contributed by atoms with Gasteiger partial charge in [-0.25, -0.2) is 4.39 Å². The van der Waals surface area contributed by atoms with E-state index in [1.807, 2.05) is 0 Å². The second-order valence-electron chi connectivity index (χ2n) is 6.64. The van der Waals surface area contributed by atoms with Crippen LogP contribution in [0.3, 0.4) is 0 Å². The first-order valence-corrected chi connectivity index (χ1v) is 8.68. The Labute approximate surface area is 162 Å². The predicted octanol–water partition coefficient (Wildman–Crippen LogP) is 4.56. The van der Waals surface area contributed by atoms with Crippen molar-refractivity contribution in [1.82, 2.24) is 9.78 Å². The van der Waals surface area contributed by atoms with Crippen molar-refractivity contribution in [3.8, 4) is 28.1 Å². The number of benzene rings is 2. The van der Waals surface area contributed by atoms with E-state index in [1.165, 1.54) is 24.3 Å². The number of ether oxygens (including phenoxy) is 1. The summed E-state index contributed by atoms with van der Waals surface area (Å²) < 4.78 is 59.1. The number of carbonyl (C=O) groups excluding carboxylic acids is 1. The van der Waals surface area contributed by atoms with Crippen molar-refractivity contribution in [1.29, 1.82) is 0 Å². The molecular weight excluding hydrogens is 390 g/mol. The zero-order chi connectivity index (χ0) is 20.8. The van der Waals surface area contributed by atoms with Gasteiger partial charge in [-0.15, -0.1) is 0 Å². The van der Waals surface area contributed by atoms with E-state index in [0.717, 1.165) is 4.68 Å². The van der Waals surface area contributed by atoms with Crippen LogP contribution in [-0.4, -0.2) is 28.5 Å². The van der Waals surface area contributed by atoms with Gasteiger partial charge in [-0.05, 0) is 42.8 Å². The molecule has 3 aromatic rings. The van der Waals surface area contributed by atoms with Gasteiger partial charge in [0.1, 0.15) is 18.1 Å². The lowest BCUT2D eigenvalue weighted by molar-refractivity contribution is -0.142. The number of rotatable bonds is 3. The Balaban J connectivity index is 1.91. The first kappa shape index (κ1) is 19.0. The quantitative estimate of drug-likeness (QED) is 0.650. The van der Waals surface area contributed by atoms with Gasteiger partial charge in [0, 0.05) is 11.1 Å². The highest BCUT2D eigenvalue weighted by molar-refractivity contribution is 5.96. The third kappa shape index (κ3) is 3.80. The Kier molecular flexibility index (Phi) is 4.52. The largest absolute Gasteiger partial charge is 0.482 e. The van der Waals surface area contributed by atoms with E-state index < -0.39 is 18.5 Å². The van der Waals surface area contributed by atoms with Crippen LogP contribution in [0.25, 0.3) is 22.4 Å². The standard InChI is InChI=1S/C20H15F4N3O2/c1-11-18(12-2-5-14(21)6-3-12)19(27(26-11)10-20(22,23)24)13-4-7-16-15(8-13)25-17(28)9-29-16/h2-8H,9-10H2,1H3,(H,25,28). The maximum Gasteiger partial charge on any atom is 0.408 e. The Morgan fingerprint density at radius 1 is 1.14 bits per heavy atom. The average Bonchev–Trinajstić information content (AvgIpc) is 2.95. The normalized spacial score (nSPS) is 13.6. The molecule has 0 saturated heterocycles. The second kappa shape index (κ2) is 6.91. The summed E-state index contributed by atoms with van der Waals surface area (Å²) in [5, 5.41) is 6.73. The van der Waals surface area contributed by atoms with Crippen LogP contribution in [0.15, 0.2) is 42.5 Å². The minimum absolute atomic E-state index is 0.127. The fraction of sp³-hybridized carbons (Fsp3) is 0.200. The Morgan fingerprint density at radius 3 is 2.52 bits per heavy atom. The fourth-order valence-electron chi connectivity index (χ4n) is 3.35. The van der Waals surface area contributed by atoms with Gasteiger partial charge >= 0.3 is 6.18 Å². The van der Waals surface area contributed by atoms with Gasteiger partial charge in [0.25, 0.3) is 5.91 Å². The van der Waals surface area contributed by atoms with E-state index in [4.69, 9.17) is 4.74 Å². The molecular formula is C20H15F4N3O2. The number of amides is 1. The zero-order valence-electron chi connectivity index (χ0n) is 15.2. The summed E-state index contributed by atoms with van der Waals surface area (Å²) in [7, 11) is 0. The summed E-state index contributed by atoms with van der Waals surface area (Å²) in [5.74, 6) is -0.382. The number of hydrogen-bond donors (Lipinski definition) is 1.